The number of benzene rings is 8. The fraction of sp³-hybridized carbons (Fsp3) is 0.0392. The molecule has 0 amide bonds. The number of amidine groups is 1. The van der Waals surface area contributed by atoms with Gasteiger partial charge in [-0.1, -0.05) is 133 Å². The summed E-state index contributed by atoms with van der Waals surface area (Å²) >= 11 is 0. The van der Waals surface area contributed by atoms with Crippen molar-refractivity contribution >= 4 is 71.5 Å². The molecule has 4 heterocycles. The first-order valence-corrected chi connectivity index (χ1v) is 19.4. The molecule has 2 atom stereocenters. The van der Waals surface area contributed by atoms with Gasteiger partial charge >= 0.3 is 0 Å². The van der Waals surface area contributed by atoms with Crippen LogP contribution >= 0.6 is 0 Å². The van der Waals surface area contributed by atoms with E-state index in [4.69, 9.17) is 13.8 Å². The Morgan fingerprint density at radius 3 is 1.70 bits per heavy atom. The van der Waals surface area contributed by atoms with E-state index in [2.05, 4.69) is 173 Å². The Bertz CT molecular complexity index is 3320. The zero-order valence-electron chi connectivity index (χ0n) is 30.7. The molecule has 0 fully saturated rings. The van der Waals surface area contributed by atoms with E-state index in [1.807, 2.05) is 24.3 Å². The summed E-state index contributed by atoms with van der Waals surface area (Å²) in [7, 11) is 0. The van der Waals surface area contributed by atoms with E-state index in [9.17, 15) is 0 Å². The van der Waals surface area contributed by atoms with E-state index in [-0.39, 0.29) is 12.3 Å². The molecule has 11 aromatic rings. The Hall–Kier alpha value is -7.41. The first-order valence-electron chi connectivity index (χ1n) is 19.4. The quantitative estimate of drug-likeness (QED) is 0.185. The van der Waals surface area contributed by atoms with Gasteiger partial charge in [-0.25, -0.2) is 4.99 Å². The molecule has 0 saturated heterocycles. The van der Waals surface area contributed by atoms with Crippen LogP contribution in [0.5, 0.6) is 0 Å². The van der Waals surface area contributed by atoms with Crippen molar-refractivity contribution in [1.82, 2.24) is 15.2 Å². The lowest BCUT2D eigenvalue weighted by Gasteiger charge is -2.32. The lowest BCUT2D eigenvalue weighted by Crippen LogP contribution is -2.44. The standard InChI is InChI=1S/C51H34N4O2/c1-3-13-31(14-4-1)49-52-50(32-15-5-2-6-16-32)54-51(53-49)33-25-27-39-45(29-33)56-43-23-11-19-37(47(39)43)38-20-12-24-44-48(38)40-28-26-34(30-46(40)57-44)55-41-21-9-7-17-35(41)36-18-8-10-22-42(36)55/h1-30,49,51,53H,(H,52,54). The van der Waals surface area contributed by atoms with E-state index < -0.39 is 0 Å². The molecule has 8 aromatic carbocycles. The molecule has 0 radical (unpaired) electrons. The van der Waals surface area contributed by atoms with Crippen molar-refractivity contribution in [2.24, 2.45) is 4.99 Å². The first-order chi connectivity index (χ1) is 28.2. The van der Waals surface area contributed by atoms with Crippen LogP contribution < -0.4 is 10.6 Å². The third kappa shape index (κ3) is 5.04. The fourth-order valence-electron chi connectivity index (χ4n) is 8.91. The summed E-state index contributed by atoms with van der Waals surface area (Å²) < 4.78 is 15.7. The van der Waals surface area contributed by atoms with Gasteiger partial charge in [-0.3, -0.25) is 5.32 Å². The summed E-state index contributed by atoms with van der Waals surface area (Å²) in [4.78, 5) is 5.17. The summed E-state index contributed by atoms with van der Waals surface area (Å²) in [6.45, 7) is 0. The van der Waals surface area contributed by atoms with Gasteiger partial charge in [0.2, 0.25) is 0 Å². The summed E-state index contributed by atoms with van der Waals surface area (Å²) in [6, 6.07) is 63.7. The average Bonchev–Trinajstić information content (AvgIpc) is 3.96. The molecule has 12 rings (SSSR count). The monoisotopic (exact) mass is 734 g/mol. The normalized spacial score (nSPS) is 15.9. The number of aromatic nitrogens is 1. The minimum atomic E-state index is -0.290. The Morgan fingerprint density at radius 1 is 0.456 bits per heavy atom. The number of hydrogen-bond acceptors (Lipinski definition) is 5. The molecule has 2 N–H and O–H groups in total. The second kappa shape index (κ2) is 12.6. The second-order valence-electron chi connectivity index (χ2n) is 14.8. The van der Waals surface area contributed by atoms with Crippen LogP contribution in [0.4, 0.5) is 0 Å². The SMILES string of the molecule is c1ccc(C2=NC(c3ccc4c(c3)oc3cccc(-c5cccc6oc7cc(-n8c9ccccc9c9ccccc98)ccc7c56)c34)NC(c3ccccc3)N2)cc1. The lowest BCUT2D eigenvalue weighted by molar-refractivity contribution is 0.409. The van der Waals surface area contributed by atoms with Crippen LogP contribution in [-0.4, -0.2) is 10.4 Å². The molecule has 0 spiro atoms. The van der Waals surface area contributed by atoms with Gasteiger partial charge in [0.05, 0.1) is 11.0 Å². The maximum atomic E-state index is 6.66. The Kier molecular flexibility index (Phi) is 7.03. The second-order valence-corrected chi connectivity index (χ2v) is 14.8. The van der Waals surface area contributed by atoms with Gasteiger partial charge in [-0.15, -0.1) is 0 Å². The van der Waals surface area contributed by atoms with Crippen molar-refractivity contribution in [3.63, 3.8) is 0 Å². The molecule has 0 aliphatic carbocycles. The number of nitrogens with zero attached hydrogens (tertiary/aromatic N) is 2. The summed E-state index contributed by atoms with van der Waals surface area (Å²) in [5.74, 6) is 0.850. The smallest absolute Gasteiger partial charge is 0.137 e. The van der Waals surface area contributed by atoms with Gasteiger partial charge in [-0.2, -0.15) is 0 Å². The number of aliphatic imine (C=N–C) groups is 1. The summed E-state index contributed by atoms with van der Waals surface area (Å²) in [5, 5.41) is 14.1. The highest BCUT2D eigenvalue weighted by molar-refractivity contribution is 6.19. The Balaban J connectivity index is 0.976. The molecular formula is C51H34N4O2. The van der Waals surface area contributed by atoms with Gasteiger partial charge in [0, 0.05) is 49.6 Å². The molecule has 1 aliphatic rings. The van der Waals surface area contributed by atoms with Gasteiger partial charge in [0.1, 0.15) is 40.5 Å². The van der Waals surface area contributed by atoms with Crippen molar-refractivity contribution in [3.05, 3.63) is 199 Å². The van der Waals surface area contributed by atoms with Crippen molar-refractivity contribution in [2.45, 2.75) is 12.3 Å². The highest BCUT2D eigenvalue weighted by Crippen LogP contribution is 2.43. The molecule has 270 valence electrons. The van der Waals surface area contributed by atoms with E-state index in [0.717, 1.165) is 83.2 Å². The van der Waals surface area contributed by atoms with E-state index in [0.29, 0.717) is 0 Å². The third-order valence-electron chi connectivity index (χ3n) is 11.5. The minimum Gasteiger partial charge on any atom is -0.456 e. The van der Waals surface area contributed by atoms with Gasteiger partial charge in [-0.05, 0) is 64.7 Å². The summed E-state index contributed by atoms with van der Waals surface area (Å²) in [5.41, 5.74) is 12.2. The Morgan fingerprint density at radius 2 is 1.04 bits per heavy atom. The van der Waals surface area contributed by atoms with E-state index in [1.54, 1.807) is 0 Å². The van der Waals surface area contributed by atoms with Crippen LogP contribution in [0.1, 0.15) is 29.0 Å². The number of para-hydroxylation sites is 2. The molecule has 3 aromatic heterocycles. The molecule has 6 heteroatoms. The average molecular weight is 735 g/mol. The van der Waals surface area contributed by atoms with Crippen LogP contribution in [-0.2, 0) is 0 Å². The van der Waals surface area contributed by atoms with Crippen LogP contribution in [0, 0.1) is 0 Å². The van der Waals surface area contributed by atoms with E-state index in [1.165, 1.54) is 21.8 Å². The predicted molar refractivity (Wildman–Crippen MR) is 232 cm³/mol. The molecular weight excluding hydrogens is 701 g/mol. The molecule has 1 aliphatic heterocycles. The maximum Gasteiger partial charge on any atom is 0.137 e. The van der Waals surface area contributed by atoms with Crippen molar-refractivity contribution < 1.29 is 8.83 Å². The number of rotatable bonds is 5. The minimum absolute atomic E-state index is 0.120. The zero-order valence-corrected chi connectivity index (χ0v) is 30.7. The van der Waals surface area contributed by atoms with Crippen LogP contribution in [0.25, 0.3) is 82.5 Å². The first kappa shape index (κ1) is 31.9. The highest BCUT2D eigenvalue weighted by atomic mass is 16.3. The van der Waals surface area contributed by atoms with E-state index >= 15 is 0 Å². The van der Waals surface area contributed by atoms with Gasteiger partial charge in [0.15, 0.2) is 0 Å². The Labute approximate surface area is 327 Å². The van der Waals surface area contributed by atoms with Crippen molar-refractivity contribution in [1.29, 1.82) is 0 Å². The molecule has 0 bridgehead atoms. The highest BCUT2D eigenvalue weighted by Gasteiger charge is 2.26. The van der Waals surface area contributed by atoms with Crippen molar-refractivity contribution in [3.8, 4) is 16.8 Å². The number of furan rings is 2. The molecule has 2 unspecified atom stereocenters. The van der Waals surface area contributed by atoms with Crippen LogP contribution in [0.3, 0.4) is 0 Å². The number of nitrogens with one attached hydrogen (secondary N) is 2. The topological polar surface area (TPSA) is 67.6 Å². The van der Waals surface area contributed by atoms with Crippen LogP contribution in [0.2, 0.25) is 0 Å². The van der Waals surface area contributed by atoms with Crippen molar-refractivity contribution in [2.75, 3.05) is 0 Å². The number of fused-ring (bicyclic) bond motifs is 9. The predicted octanol–water partition coefficient (Wildman–Crippen LogP) is 12.6. The summed E-state index contributed by atoms with van der Waals surface area (Å²) in [6.07, 6.45) is -0.410. The molecule has 57 heavy (non-hydrogen) atoms. The molecule has 6 nitrogen and oxygen atoms in total. The van der Waals surface area contributed by atoms with Crippen LogP contribution in [0.15, 0.2) is 196 Å². The fourth-order valence-corrected chi connectivity index (χ4v) is 8.91. The zero-order chi connectivity index (χ0) is 37.5. The maximum absolute atomic E-state index is 6.66. The van der Waals surface area contributed by atoms with Gasteiger partial charge < -0.3 is 18.7 Å². The van der Waals surface area contributed by atoms with Gasteiger partial charge in [0.25, 0.3) is 0 Å². The lowest BCUT2D eigenvalue weighted by atomic mass is 9.95. The largest absolute Gasteiger partial charge is 0.456 e. The molecule has 0 saturated carbocycles. The third-order valence-corrected chi connectivity index (χ3v) is 11.5. The number of hydrogen-bond donors (Lipinski definition) is 2.